The zero-order valence-corrected chi connectivity index (χ0v) is 15.5. The molecule has 0 radical (unpaired) electrons. The van der Waals surface area contributed by atoms with Gasteiger partial charge in [0.15, 0.2) is 0 Å². The van der Waals surface area contributed by atoms with E-state index >= 15 is 0 Å². The summed E-state index contributed by atoms with van der Waals surface area (Å²) >= 11 is 1.31. The quantitative estimate of drug-likeness (QED) is 0.330. The van der Waals surface area contributed by atoms with Crippen LogP contribution in [0.4, 0.5) is 10.7 Å². The predicted molar refractivity (Wildman–Crippen MR) is 103 cm³/mol. The summed E-state index contributed by atoms with van der Waals surface area (Å²) in [5, 5.41) is 15.8. The molecule has 0 saturated heterocycles. The van der Waals surface area contributed by atoms with Crippen LogP contribution in [0, 0.1) is 10.1 Å². The Bertz CT molecular complexity index is 897. The summed E-state index contributed by atoms with van der Waals surface area (Å²) in [5.41, 5.74) is 2.03. The fourth-order valence-corrected chi connectivity index (χ4v) is 3.64. The van der Waals surface area contributed by atoms with Crippen molar-refractivity contribution in [1.29, 1.82) is 0 Å². The van der Waals surface area contributed by atoms with Crippen LogP contribution in [0.2, 0.25) is 0 Å². The molecular formula is C19H18N2O5S. The SMILES string of the molecule is CCOC(=O)c1c(C2CC2)csc1NC(=O)/C=C/c1ccc([N+](=O)[O-])cc1. The Morgan fingerprint density at radius 1 is 1.33 bits per heavy atom. The van der Waals surface area contributed by atoms with Gasteiger partial charge in [0.05, 0.1) is 17.1 Å². The number of hydrogen-bond acceptors (Lipinski definition) is 6. The number of carbonyl (C=O) groups excluding carboxylic acids is 2. The van der Waals surface area contributed by atoms with E-state index in [4.69, 9.17) is 4.74 Å². The molecule has 1 aliphatic rings. The van der Waals surface area contributed by atoms with Gasteiger partial charge in [-0.1, -0.05) is 0 Å². The maximum absolute atomic E-state index is 12.3. The van der Waals surface area contributed by atoms with Crippen molar-refractivity contribution in [3.63, 3.8) is 0 Å². The van der Waals surface area contributed by atoms with Crippen LogP contribution in [0.15, 0.2) is 35.7 Å². The Kier molecular flexibility index (Phi) is 5.66. The van der Waals surface area contributed by atoms with Gasteiger partial charge in [0.2, 0.25) is 5.91 Å². The number of non-ortho nitro benzene ring substituents is 1. The fraction of sp³-hybridized carbons (Fsp3) is 0.263. The molecule has 27 heavy (non-hydrogen) atoms. The van der Waals surface area contributed by atoms with Crippen LogP contribution < -0.4 is 5.32 Å². The maximum atomic E-state index is 12.3. The Labute approximate surface area is 159 Å². The number of rotatable bonds is 7. The van der Waals surface area contributed by atoms with Gasteiger partial charge in [-0.25, -0.2) is 4.79 Å². The van der Waals surface area contributed by atoms with Gasteiger partial charge in [0, 0.05) is 18.2 Å². The minimum absolute atomic E-state index is 0.0122. The van der Waals surface area contributed by atoms with E-state index in [0.29, 0.717) is 22.0 Å². The van der Waals surface area contributed by atoms with Gasteiger partial charge in [-0.05, 0) is 60.4 Å². The average molecular weight is 386 g/mol. The molecule has 0 bridgehead atoms. The molecule has 1 aromatic heterocycles. The molecule has 1 saturated carbocycles. The third-order valence-corrected chi connectivity index (χ3v) is 5.00. The van der Waals surface area contributed by atoms with E-state index in [1.165, 1.54) is 29.5 Å². The lowest BCUT2D eigenvalue weighted by atomic mass is 10.1. The first kappa shape index (κ1) is 18.8. The van der Waals surface area contributed by atoms with Crippen molar-refractivity contribution in [2.45, 2.75) is 25.7 Å². The van der Waals surface area contributed by atoms with E-state index < -0.39 is 10.9 Å². The van der Waals surface area contributed by atoms with Crippen molar-refractivity contribution in [3.05, 3.63) is 62.5 Å². The Balaban J connectivity index is 1.72. The summed E-state index contributed by atoms with van der Waals surface area (Å²) < 4.78 is 5.13. The number of nitro groups is 1. The third-order valence-electron chi connectivity index (χ3n) is 4.08. The first-order chi connectivity index (χ1) is 13.0. The highest BCUT2D eigenvalue weighted by Crippen LogP contribution is 2.46. The van der Waals surface area contributed by atoms with Crippen molar-refractivity contribution < 1.29 is 19.2 Å². The molecule has 7 nitrogen and oxygen atoms in total. The second-order valence-corrected chi connectivity index (χ2v) is 6.94. The smallest absolute Gasteiger partial charge is 0.341 e. The molecule has 140 valence electrons. The molecule has 3 rings (SSSR count). The van der Waals surface area contributed by atoms with Crippen molar-refractivity contribution in [2.75, 3.05) is 11.9 Å². The average Bonchev–Trinajstić information content (AvgIpc) is 3.41. The third kappa shape index (κ3) is 4.59. The zero-order chi connectivity index (χ0) is 19.4. The monoisotopic (exact) mass is 386 g/mol. The highest BCUT2D eigenvalue weighted by atomic mass is 32.1. The molecule has 0 aliphatic heterocycles. The number of esters is 1. The molecule has 1 N–H and O–H groups in total. The van der Waals surface area contributed by atoms with Crippen LogP contribution in [0.1, 0.15) is 47.2 Å². The van der Waals surface area contributed by atoms with Gasteiger partial charge < -0.3 is 10.1 Å². The van der Waals surface area contributed by atoms with Gasteiger partial charge in [0.25, 0.3) is 5.69 Å². The molecule has 1 aromatic carbocycles. The Morgan fingerprint density at radius 3 is 2.63 bits per heavy atom. The van der Waals surface area contributed by atoms with E-state index in [1.807, 2.05) is 5.38 Å². The summed E-state index contributed by atoms with van der Waals surface area (Å²) in [6, 6.07) is 5.86. The summed E-state index contributed by atoms with van der Waals surface area (Å²) in [5.74, 6) is -0.444. The van der Waals surface area contributed by atoms with Crippen molar-refractivity contribution in [1.82, 2.24) is 0 Å². The van der Waals surface area contributed by atoms with Crippen LogP contribution in [0.25, 0.3) is 6.08 Å². The van der Waals surface area contributed by atoms with E-state index in [2.05, 4.69) is 5.32 Å². The molecule has 0 atom stereocenters. The van der Waals surface area contributed by atoms with Crippen molar-refractivity contribution in [3.8, 4) is 0 Å². The van der Waals surface area contributed by atoms with Gasteiger partial charge >= 0.3 is 5.97 Å². The highest BCUT2D eigenvalue weighted by molar-refractivity contribution is 7.15. The van der Waals surface area contributed by atoms with E-state index in [0.717, 1.165) is 18.4 Å². The maximum Gasteiger partial charge on any atom is 0.341 e. The number of anilines is 1. The summed E-state index contributed by atoms with van der Waals surface area (Å²) in [7, 11) is 0. The zero-order valence-electron chi connectivity index (χ0n) is 14.6. The van der Waals surface area contributed by atoms with Crippen LogP contribution in [-0.4, -0.2) is 23.4 Å². The lowest BCUT2D eigenvalue weighted by molar-refractivity contribution is -0.384. The van der Waals surface area contributed by atoms with Crippen LogP contribution in [0.5, 0.6) is 0 Å². The first-order valence-electron chi connectivity index (χ1n) is 8.51. The number of thiophene rings is 1. The lowest BCUT2D eigenvalue weighted by Gasteiger charge is -2.07. The minimum Gasteiger partial charge on any atom is -0.462 e. The molecule has 0 unspecified atom stereocenters. The summed E-state index contributed by atoms with van der Waals surface area (Å²) in [4.78, 5) is 34.7. The van der Waals surface area contributed by atoms with Crippen LogP contribution in [-0.2, 0) is 9.53 Å². The standard InChI is InChI=1S/C19H18N2O5S/c1-2-26-19(23)17-15(13-6-7-13)11-27-18(17)20-16(22)10-5-12-3-8-14(9-4-12)21(24)25/h3-5,8-11,13H,2,6-7H2,1H3,(H,20,22)/b10-5+. The van der Waals surface area contributed by atoms with E-state index in [9.17, 15) is 19.7 Å². The Hall–Kier alpha value is -3.00. The first-order valence-corrected chi connectivity index (χ1v) is 9.39. The number of carbonyl (C=O) groups is 2. The van der Waals surface area contributed by atoms with Gasteiger partial charge in [0.1, 0.15) is 5.00 Å². The largest absolute Gasteiger partial charge is 0.462 e. The van der Waals surface area contributed by atoms with E-state index in [1.54, 1.807) is 25.1 Å². The highest BCUT2D eigenvalue weighted by Gasteiger charge is 2.32. The second-order valence-electron chi connectivity index (χ2n) is 6.06. The van der Waals surface area contributed by atoms with Gasteiger partial charge in [-0.3, -0.25) is 14.9 Å². The molecule has 1 aliphatic carbocycles. The minimum atomic E-state index is -0.481. The number of nitrogens with zero attached hydrogens (tertiary/aromatic N) is 1. The molecule has 1 heterocycles. The second kappa shape index (κ2) is 8.13. The van der Waals surface area contributed by atoms with Gasteiger partial charge in [-0.2, -0.15) is 0 Å². The van der Waals surface area contributed by atoms with Crippen LogP contribution >= 0.6 is 11.3 Å². The number of hydrogen-bond donors (Lipinski definition) is 1. The molecule has 0 spiro atoms. The number of benzene rings is 1. The number of ether oxygens (including phenoxy) is 1. The molecular weight excluding hydrogens is 368 g/mol. The topological polar surface area (TPSA) is 98.5 Å². The molecule has 1 fully saturated rings. The predicted octanol–water partition coefficient (Wildman–Crippen LogP) is 4.36. The van der Waals surface area contributed by atoms with E-state index in [-0.39, 0.29) is 18.2 Å². The van der Waals surface area contributed by atoms with Crippen molar-refractivity contribution >= 4 is 40.0 Å². The fourth-order valence-electron chi connectivity index (χ4n) is 2.60. The molecule has 1 amide bonds. The normalized spacial score (nSPS) is 13.5. The summed E-state index contributed by atoms with van der Waals surface area (Å²) in [6.45, 7) is 2.01. The van der Waals surface area contributed by atoms with Crippen LogP contribution in [0.3, 0.4) is 0 Å². The molecule has 8 heteroatoms. The van der Waals surface area contributed by atoms with Crippen molar-refractivity contribution in [2.24, 2.45) is 0 Å². The Morgan fingerprint density at radius 2 is 2.04 bits per heavy atom. The number of nitro benzene ring substituents is 1. The van der Waals surface area contributed by atoms with Gasteiger partial charge in [-0.15, -0.1) is 11.3 Å². The number of amides is 1. The molecule has 2 aromatic rings. The number of nitrogens with one attached hydrogen (secondary N) is 1. The summed E-state index contributed by atoms with van der Waals surface area (Å²) in [6.07, 6.45) is 4.96. The lowest BCUT2D eigenvalue weighted by Crippen LogP contribution is -2.13.